The van der Waals surface area contributed by atoms with Gasteiger partial charge in [-0.25, -0.2) is 0 Å². The molecule has 1 amide bonds. The predicted molar refractivity (Wildman–Crippen MR) is 124 cm³/mol. The third-order valence-corrected chi connectivity index (χ3v) is 5.34. The number of rotatable bonds is 8. The fourth-order valence-corrected chi connectivity index (χ4v) is 3.31. The molecule has 0 bridgehead atoms. The van der Waals surface area contributed by atoms with E-state index in [1.54, 1.807) is 12.3 Å². The number of furan rings is 1. The van der Waals surface area contributed by atoms with Gasteiger partial charge < -0.3 is 9.73 Å². The molecule has 31 heavy (non-hydrogen) atoms. The molecule has 1 aromatic carbocycles. The average Bonchev–Trinajstić information content (AvgIpc) is 3.21. The maximum atomic E-state index is 12.4. The van der Waals surface area contributed by atoms with Crippen LogP contribution in [-0.2, 0) is 25.0 Å². The lowest BCUT2D eigenvalue weighted by atomic mass is 9.87. The molecule has 0 saturated carbocycles. The summed E-state index contributed by atoms with van der Waals surface area (Å²) in [4.78, 5) is 19.0. The summed E-state index contributed by atoms with van der Waals surface area (Å²) in [5.41, 5.74) is 3.56. The zero-order valence-corrected chi connectivity index (χ0v) is 19.2. The molecule has 5 heteroatoms. The Morgan fingerprint density at radius 3 is 2.39 bits per heavy atom. The van der Waals surface area contributed by atoms with Crippen LogP contribution in [0.2, 0.25) is 0 Å². The van der Waals surface area contributed by atoms with Gasteiger partial charge in [-0.3, -0.25) is 14.7 Å². The Hall–Kier alpha value is -2.92. The number of hydrogen-bond acceptors (Lipinski definition) is 4. The van der Waals surface area contributed by atoms with Gasteiger partial charge in [0.1, 0.15) is 5.76 Å². The highest BCUT2D eigenvalue weighted by atomic mass is 16.4. The van der Waals surface area contributed by atoms with Gasteiger partial charge in [-0.2, -0.15) is 0 Å². The number of benzene rings is 1. The lowest BCUT2D eigenvalue weighted by Crippen LogP contribution is -2.29. The number of nitrogens with zero attached hydrogens (tertiary/aromatic N) is 2. The molecule has 5 nitrogen and oxygen atoms in total. The fraction of sp³-hybridized carbons (Fsp3) is 0.385. The Balaban J connectivity index is 1.60. The van der Waals surface area contributed by atoms with E-state index in [0.717, 1.165) is 18.0 Å². The molecular formula is C26H33N3O2. The molecule has 3 aromatic rings. The van der Waals surface area contributed by atoms with E-state index in [2.05, 4.69) is 74.1 Å². The van der Waals surface area contributed by atoms with Crippen molar-refractivity contribution in [2.45, 2.75) is 65.7 Å². The van der Waals surface area contributed by atoms with Crippen LogP contribution in [0.1, 0.15) is 67.8 Å². The Kier molecular flexibility index (Phi) is 7.29. The van der Waals surface area contributed by atoms with Gasteiger partial charge in [-0.15, -0.1) is 0 Å². The predicted octanol–water partition coefficient (Wildman–Crippen LogP) is 5.31. The highest BCUT2D eigenvalue weighted by molar-refractivity contribution is 5.91. The van der Waals surface area contributed by atoms with Crippen LogP contribution in [0, 0.1) is 0 Å². The first-order valence-corrected chi connectivity index (χ1v) is 10.8. The second-order valence-corrected chi connectivity index (χ2v) is 9.22. The van der Waals surface area contributed by atoms with Gasteiger partial charge in [0.25, 0.3) is 5.91 Å². The molecule has 0 fully saturated rings. The summed E-state index contributed by atoms with van der Waals surface area (Å²) >= 11 is 0. The van der Waals surface area contributed by atoms with Crippen LogP contribution in [0.25, 0.3) is 0 Å². The van der Waals surface area contributed by atoms with Crippen LogP contribution in [0.4, 0.5) is 0 Å². The summed E-state index contributed by atoms with van der Waals surface area (Å²) in [7, 11) is 0. The maximum Gasteiger partial charge on any atom is 0.287 e. The smallest absolute Gasteiger partial charge is 0.287 e. The number of hydrogen-bond donors (Lipinski definition) is 1. The quantitative estimate of drug-likeness (QED) is 0.537. The summed E-state index contributed by atoms with van der Waals surface area (Å²) in [5.74, 6) is 0.873. The van der Waals surface area contributed by atoms with Crippen molar-refractivity contribution in [2.24, 2.45) is 0 Å². The van der Waals surface area contributed by atoms with E-state index in [9.17, 15) is 4.79 Å². The molecule has 0 unspecified atom stereocenters. The number of carbonyl (C=O) groups is 1. The molecule has 2 aromatic heterocycles. The van der Waals surface area contributed by atoms with Crippen molar-refractivity contribution in [3.05, 3.63) is 89.1 Å². The first kappa shape index (κ1) is 22.8. The van der Waals surface area contributed by atoms with E-state index >= 15 is 0 Å². The van der Waals surface area contributed by atoms with Gasteiger partial charge in [0, 0.05) is 18.8 Å². The molecule has 0 aliphatic rings. The molecule has 0 radical (unpaired) electrons. The number of amides is 1. The maximum absolute atomic E-state index is 12.4. The monoisotopic (exact) mass is 419 g/mol. The molecule has 3 rings (SSSR count). The Morgan fingerprint density at radius 1 is 1.03 bits per heavy atom. The topological polar surface area (TPSA) is 58.4 Å². The summed E-state index contributed by atoms with van der Waals surface area (Å²) in [6, 6.07) is 18.4. The molecule has 2 heterocycles. The SMILES string of the molecule is CC(C)N(Cc1ccc(C(C)(C)C)cc1)Cc1ccc(C(=O)NCc2ccccn2)o1. The van der Waals surface area contributed by atoms with Gasteiger partial charge in [0.05, 0.1) is 18.8 Å². The van der Waals surface area contributed by atoms with E-state index in [1.165, 1.54) is 11.1 Å². The van der Waals surface area contributed by atoms with Crippen molar-refractivity contribution in [3.8, 4) is 0 Å². The molecule has 0 spiro atoms. The van der Waals surface area contributed by atoms with E-state index in [4.69, 9.17) is 4.42 Å². The van der Waals surface area contributed by atoms with E-state index in [-0.39, 0.29) is 11.3 Å². The van der Waals surface area contributed by atoms with E-state index < -0.39 is 0 Å². The highest BCUT2D eigenvalue weighted by Crippen LogP contribution is 2.23. The number of carbonyl (C=O) groups excluding carboxylic acids is 1. The molecule has 0 atom stereocenters. The second-order valence-electron chi connectivity index (χ2n) is 9.22. The van der Waals surface area contributed by atoms with Crippen LogP contribution in [0.15, 0.2) is 65.2 Å². The summed E-state index contributed by atoms with van der Waals surface area (Å²) in [6.07, 6.45) is 1.71. The van der Waals surface area contributed by atoms with Crippen molar-refractivity contribution in [2.75, 3.05) is 0 Å². The lowest BCUT2D eigenvalue weighted by molar-refractivity contribution is 0.0917. The normalized spacial score (nSPS) is 11.8. The van der Waals surface area contributed by atoms with Crippen LogP contribution < -0.4 is 5.32 Å². The Bertz CT molecular complexity index is 970. The number of pyridine rings is 1. The fourth-order valence-electron chi connectivity index (χ4n) is 3.31. The van der Waals surface area contributed by atoms with Gasteiger partial charge in [0.2, 0.25) is 0 Å². The van der Waals surface area contributed by atoms with Crippen molar-refractivity contribution in [1.29, 1.82) is 0 Å². The van der Waals surface area contributed by atoms with Gasteiger partial charge in [-0.1, -0.05) is 51.1 Å². The van der Waals surface area contributed by atoms with Crippen molar-refractivity contribution in [1.82, 2.24) is 15.2 Å². The van der Waals surface area contributed by atoms with Crippen molar-refractivity contribution in [3.63, 3.8) is 0 Å². The zero-order valence-electron chi connectivity index (χ0n) is 19.2. The summed E-state index contributed by atoms with van der Waals surface area (Å²) < 4.78 is 5.84. The zero-order chi connectivity index (χ0) is 22.4. The standard InChI is InChI=1S/C26H33N3O2/c1-19(2)29(17-20-9-11-21(12-10-20)26(3,4)5)18-23-13-14-24(31-23)25(30)28-16-22-8-6-7-15-27-22/h6-15,19H,16-18H2,1-5H3,(H,28,30). The van der Waals surface area contributed by atoms with E-state index in [0.29, 0.717) is 24.9 Å². The minimum absolute atomic E-state index is 0.151. The van der Waals surface area contributed by atoms with Crippen LogP contribution in [0.5, 0.6) is 0 Å². The van der Waals surface area contributed by atoms with Crippen molar-refractivity contribution >= 4 is 5.91 Å². The number of nitrogens with one attached hydrogen (secondary N) is 1. The lowest BCUT2D eigenvalue weighted by Gasteiger charge is -2.26. The molecular weight excluding hydrogens is 386 g/mol. The minimum Gasteiger partial charge on any atom is -0.455 e. The molecule has 0 saturated heterocycles. The first-order valence-electron chi connectivity index (χ1n) is 10.8. The van der Waals surface area contributed by atoms with Gasteiger partial charge in [0.15, 0.2) is 5.76 Å². The summed E-state index contributed by atoms with van der Waals surface area (Å²) in [5, 5.41) is 2.85. The molecule has 0 aliphatic carbocycles. The van der Waals surface area contributed by atoms with Crippen LogP contribution in [0.3, 0.4) is 0 Å². The Labute approximate surface area is 185 Å². The van der Waals surface area contributed by atoms with E-state index in [1.807, 2.05) is 24.3 Å². The van der Waals surface area contributed by atoms with Crippen LogP contribution in [-0.4, -0.2) is 21.8 Å². The summed E-state index contributed by atoms with van der Waals surface area (Å²) in [6.45, 7) is 12.9. The van der Waals surface area contributed by atoms with Gasteiger partial charge >= 0.3 is 0 Å². The number of aromatic nitrogens is 1. The first-order chi connectivity index (χ1) is 14.7. The van der Waals surface area contributed by atoms with Crippen LogP contribution >= 0.6 is 0 Å². The minimum atomic E-state index is -0.231. The highest BCUT2D eigenvalue weighted by Gasteiger charge is 2.17. The Morgan fingerprint density at radius 2 is 1.77 bits per heavy atom. The third kappa shape index (κ3) is 6.53. The molecule has 0 aliphatic heterocycles. The third-order valence-electron chi connectivity index (χ3n) is 5.34. The molecule has 1 N–H and O–H groups in total. The largest absolute Gasteiger partial charge is 0.455 e. The second kappa shape index (κ2) is 9.92. The van der Waals surface area contributed by atoms with Crippen molar-refractivity contribution < 1.29 is 9.21 Å². The average molecular weight is 420 g/mol. The van der Waals surface area contributed by atoms with Gasteiger partial charge in [-0.05, 0) is 54.7 Å². The molecule has 164 valence electrons.